The SMILES string of the molecule is CCOc1ccc(NC(=O)C[NH2+]C(c2ccccc2)c2ccccc2)cc1OCC. The van der Waals surface area contributed by atoms with Crippen molar-refractivity contribution in [3.05, 3.63) is 90.0 Å². The summed E-state index contributed by atoms with van der Waals surface area (Å²) in [4.78, 5) is 12.6. The van der Waals surface area contributed by atoms with Gasteiger partial charge in [0.2, 0.25) is 0 Å². The highest BCUT2D eigenvalue weighted by Crippen LogP contribution is 2.30. The molecule has 0 heterocycles. The highest BCUT2D eigenvalue weighted by molar-refractivity contribution is 5.91. The topological polar surface area (TPSA) is 64.2 Å². The molecular formula is C25H29N2O3+. The summed E-state index contributed by atoms with van der Waals surface area (Å²) in [6, 6.07) is 26.0. The van der Waals surface area contributed by atoms with Gasteiger partial charge in [-0.3, -0.25) is 4.79 Å². The van der Waals surface area contributed by atoms with Gasteiger partial charge in [0.15, 0.2) is 18.0 Å². The van der Waals surface area contributed by atoms with Crippen molar-refractivity contribution in [2.45, 2.75) is 19.9 Å². The predicted octanol–water partition coefficient (Wildman–Crippen LogP) is 3.78. The zero-order chi connectivity index (χ0) is 21.2. The maximum Gasteiger partial charge on any atom is 0.279 e. The van der Waals surface area contributed by atoms with Crippen LogP contribution in [0.25, 0.3) is 0 Å². The Bertz CT molecular complexity index is 890. The molecular weight excluding hydrogens is 376 g/mol. The molecule has 3 N–H and O–H groups in total. The third-order valence-electron chi connectivity index (χ3n) is 4.68. The van der Waals surface area contributed by atoms with Gasteiger partial charge in [0, 0.05) is 22.9 Å². The number of amides is 1. The Morgan fingerprint density at radius 3 is 1.97 bits per heavy atom. The molecule has 0 aliphatic carbocycles. The minimum atomic E-state index is -0.0709. The number of anilines is 1. The van der Waals surface area contributed by atoms with Crippen LogP contribution < -0.4 is 20.1 Å². The zero-order valence-electron chi connectivity index (χ0n) is 17.5. The van der Waals surface area contributed by atoms with Crippen molar-refractivity contribution in [2.24, 2.45) is 0 Å². The molecule has 5 nitrogen and oxygen atoms in total. The van der Waals surface area contributed by atoms with Crippen LogP contribution in [0.4, 0.5) is 5.69 Å². The Morgan fingerprint density at radius 1 is 0.833 bits per heavy atom. The van der Waals surface area contributed by atoms with Gasteiger partial charge in [-0.2, -0.15) is 0 Å². The molecule has 30 heavy (non-hydrogen) atoms. The molecule has 0 aliphatic rings. The Labute approximate surface area is 178 Å². The highest BCUT2D eigenvalue weighted by Gasteiger charge is 2.19. The standard InChI is InChI=1S/C25H28N2O3/c1-3-29-22-16-15-21(17-23(22)30-4-2)27-24(28)18-26-25(19-11-7-5-8-12-19)20-13-9-6-10-14-20/h5-17,25-26H,3-4,18H2,1-2H3,(H,27,28)/p+1. The number of nitrogens with one attached hydrogen (secondary N) is 1. The molecule has 3 aromatic rings. The zero-order valence-corrected chi connectivity index (χ0v) is 17.5. The van der Waals surface area contributed by atoms with Gasteiger partial charge in [-0.15, -0.1) is 0 Å². The average Bonchev–Trinajstić information content (AvgIpc) is 2.77. The van der Waals surface area contributed by atoms with Crippen molar-refractivity contribution in [3.8, 4) is 11.5 Å². The van der Waals surface area contributed by atoms with Crippen LogP contribution in [0.1, 0.15) is 31.0 Å². The monoisotopic (exact) mass is 405 g/mol. The summed E-state index contributed by atoms with van der Waals surface area (Å²) in [6.45, 7) is 5.23. The molecule has 0 saturated carbocycles. The lowest BCUT2D eigenvalue weighted by Gasteiger charge is -2.17. The van der Waals surface area contributed by atoms with Crippen molar-refractivity contribution in [2.75, 3.05) is 25.1 Å². The molecule has 0 aliphatic heterocycles. The molecule has 0 saturated heterocycles. The van der Waals surface area contributed by atoms with Crippen LogP contribution >= 0.6 is 0 Å². The van der Waals surface area contributed by atoms with E-state index in [1.807, 2.05) is 62.4 Å². The minimum absolute atomic E-state index is 0.0532. The van der Waals surface area contributed by atoms with E-state index in [4.69, 9.17) is 9.47 Å². The number of nitrogens with two attached hydrogens (primary N) is 1. The Morgan fingerprint density at radius 2 is 1.40 bits per heavy atom. The number of quaternary nitrogens is 1. The first-order chi connectivity index (χ1) is 14.7. The van der Waals surface area contributed by atoms with Crippen molar-refractivity contribution in [1.82, 2.24) is 0 Å². The summed E-state index contributed by atoms with van der Waals surface area (Å²) in [5.41, 5.74) is 3.02. The van der Waals surface area contributed by atoms with Crippen LogP contribution in [-0.4, -0.2) is 25.7 Å². The van der Waals surface area contributed by atoms with Gasteiger partial charge in [0.05, 0.1) is 13.2 Å². The van der Waals surface area contributed by atoms with Gasteiger partial charge >= 0.3 is 0 Å². The van der Waals surface area contributed by atoms with Crippen molar-refractivity contribution in [1.29, 1.82) is 0 Å². The van der Waals surface area contributed by atoms with Gasteiger partial charge in [-0.1, -0.05) is 60.7 Å². The maximum atomic E-state index is 12.6. The highest BCUT2D eigenvalue weighted by atomic mass is 16.5. The molecule has 3 rings (SSSR count). The van der Waals surface area contributed by atoms with Crippen molar-refractivity contribution >= 4 is 11.6 Å². The summed E-state index contributed by atoms with van der Waals surface area (Å²) < 4.78 is 11.2. The van der Waals surface area contributed by atoms with E-state index in [2.05, 4.69) is 34.9 Å². The summed E-state index contributed by atoms with van der Waals surface area (Å²) in [5, 5.41) is 5.02. The summed E-state index contributed by atoms with van der Waals surface area (Å²) in [5.74, 6) is 1.24. The van der Waals surface area contributed by atoms with Crippen LogP contribution in [0, 0.1) is 0 Å². The molecule has 1 amide bonds. The van der Waals surface area contributed by atoms with E-state index in [1.54, 1.807) is 6.07 Å². The molecule has 0 atom stereocenters. The number of carbonyl (C=O) groups is 1. The van der Waals surface area contributed by atoms with Crippen LogP contribution in [-0.2, 0) is 4.79 Å². The number of rotatable bonds is 10. The second-order valence-electron chi connectivity index (χ2n) is 6.81. The third kappa shape index (κ3) is 5.84. The smallest absolute Gasteiger partial charge is 0.279 e. The second kappa shape index (κ2) is 11.0. The maximum absolute atomic E-state index is 12.6. The fourth-order valence-corrected chi connectivity index (χ4v) is 3.35. The number of ether oxygens (including phenoxy) is 2. The van der Waals surface area contributed by atoms with E-state index < -0.39 is 0 Å². The lowest BCUT2D eigenvalue weighted by Crippen LogP contribution is -2.87. The number of hydrogen-bond donors (Lipinski definition) is 2. The molecule has 0 unspecified atom stereocenters. The largest absolute Gasteiger partial charge is 0.490 e. The van der Waals surface area contributed by atoms with Crippen molar-refractivity contribution in [3.63, 3.8) is 0 Å². The molecule has 0 aromatic heterocycles. The molecule has 5 heteroatoms. The van der Waals surface area contributed by atoms with E-state index in [9.17, 15) is 4.79 Å². The summed E-state index contributed by atoms with van der Waals surface area (Å²) in [7, 11) is 0. The molecule has 156 valence electrons. The van der Waals surface area contributed by atoms with Crippen LogP contribution in [0.5, 0.6) is 11.5 Å². The van der Waals surface area contributed by atoms with E-state index in [0.29, 0.717) is 36.9 Å². The Kier molecular flexibility index (Phi) is 7.86. The van der Waals surface area contributed by atoms with E-state index in [1.165, 1.54) is 0 Å². The Balaban J connectivity index is 1.68. The van der Waals surface area contributed by atoms with Crippen LogP contribution in [0.15, 0.2) is 78.9 Å². The number of benzene rings is 3. The summed E-state index contributed by atoms with van der Waals surface area (Å²) >= 11 is 0. The first-order valence-corrected chi connectivity index (χ1v) is 10.3. The molecule has 0 fully saturated rings. The van der Waals surface area contributed by atoms with Crippen molar-refractivity contribution < 1.29 is 19.6 Å². The third-order valence-corrected chi connectivity index (χ3v) is 4.68. The quantitative estimate of drug-likeness (QED) is 0.540. The first kappa shape index (κ1) is 21.4. The van der Waals surface area contributed by atoms with Gasteiger partial charge < -0.3 is 20.1 Å². The second-order valence-corrected chi connectivity index (χ2v) is 6.81. The van der Waals surface area contributed by atoms with E-state index in [-0.39, 0.29) is 11.9 Å². The van der Waals surface area contributed by atoms with Gasteiger partial charge in [-0.05, 0) is 26.0 Å². The first-order valence-electron chi connectivity index (χ1n) is 10.3. The summed E-state index contributed by atoms with van der Waals surface area (Å²) in [6.07, 6.45) is 0. The lowest BCUT2D eigenvalue weighted by molar-refractivity contribution is -0.676. The lowest BCUT2D eigenvalue weighted by atomic mass is 9.99. The van der Waals surface area contributed by atoms with Gasteiger partial charge in [-0.25, -0.2) is 0 Å². The van der Waals surface area contributed by atoms with E-state index in [0.717, 1.165) is 11.1 Å². The number of carbonyl (C=O) groups excluding carboxylic acids is 1. The fourth-order valence-electron chi connectivity index (χ4n) is 3.35. The normalized spacial score (nSPS) is 10.6. The fraction of sp³-hybridized carbons (Fsp3) is 0.240. The predicted molar refractivity (Wildman–Crippen MR) is 119 cm³/mol. The molecule has 0 spiro atoms. The molecule has 3 aromatic carbocycles. The van der Waals surface area contributed by atoms with Gasteiger partial charge in [0.1, 0.15) is 6.04 Å². The Hall–Kier alpha value is -3.31. The minimum Gasteiger partial charge on any atom is -0.490 e. The van der Waals surface area contributed by atoms with Crippen LogP contribution in [0.3, 0.4) is 0 Å². The number of hydrogen-bond acceptors (Lipinski definition) is 3. The van der Waals surface area contributed by atoms with E-state index >= 15 is 0 Å². The average molecular weight is 406 g/mol. The van der Waals surface area contributed by atoms with Crippen LogP contribution in [0.2, 0.25) is 0 Å². The molecule has 0 bridgehead atoms. The van der Waals surface area contributed by atoms with Gasteiger partial charge in [0.25, 0.3) is 5.91 Å². The molecule has 0 radical (unpaired) electrons.